The highest BCUT2D eigenvalue weighted by Crippen LogP contribution is 2.18. The smallest absolute Gasteiger partial charge is 0.410 e. The van der Waals surface area contributed by atoms with Gasteiger partial charge in [-0.1, -0.05) is 17.7 Å². The molecule has 0 aliphatic carbocycles. The quantitative estimate of drug-likeness (QED) is 0.597. The largest absolute Gasteiger partial charge is 1.00 e. The SMILES string of the molecule is C[N]c1n[n+](-c2cccc(Cl)c2C)no1.[Cl-]. The number of aromatic nitrogens is 3. The zero-order valence-electron chi connectivity index (χ0n) is 8.69. The second-order valence-electron chi connectivity index (χ2n) is 2.95. The molecule has 0 aliphatic rings. The lowest BCUT2D eigenvalue weighted by Crippen LogP contribution is -3.00. The Balaban J connectivity index is 0.00000128. The molecule has 0 saturated carbocycles. The van der Waals surface area contributed by atoms with Crippen LogP contribution in [0.4, 0.5) is 6.01 Å². The van der Waals surface area contributed by atoms with E-state index >= 15 is 0 Å². The summed E-state index contributed by atoms with van der Waals surface area (Å²) in [5, 5.41) is 12.2. The summed E-state index contributed by atoms with van der Waals surface area (Å²) in [5.74, 6) is 0. The van der Waals surface area contributed by atoms with E-state index in [-0.39, 0.29) is 18.4 Å². The first kappa shape index (κ1) is 12.7. The Morgan fingerprint density at radius 1 is 1.44 bits per heavy atom. The molecular formula is C9H9Cl2N4O. The van der Waals surface area contributed by atoms with Gasteiger partial charge in [-0.3, -0.25) is 4.52 Å². The van der Waals surface area contributed by atoms with Gasteiger partial charge in [-0.25, -0.2) is 5.32 Å². The Labute approximate surface area is 104 Å². The third kappa shape index (κ3) is 2.25. The minimum atomic E-state index is 0. The van der Waals surface area contributed by atoms with Crippen LogP contribution in [0.15, 0.2) is 22.7 Å². The molecule has 0 spiro atoms. The van der Waals surface area contributed by atoms with Crippen LogP contribution in [0, 0.1) is 6.92 Å². The highest BCUT2D eigenvalue weighted by atomic mass is 35.5. The van der Waals surface area contributed by atoms with Gasteiger partial charge in [-0.15, -0.1) is 0 Å². The highest BCUT2D eigenvalue weighted by Gasteiger charge is 2.20. The fourth-order valence-electron chi connectivity index (χ4n) is 1.19. The van der Waals surface area contributed by atoms with Crippen LogP contribution in [-0.4, -0.2) is 17.4 Å². The second-order valence-corrected chi connectivity index (χ2v) is 3.36. The maximum atomic E-state index is 5.98. The fraction of sp³-hybridized carbons (Fsp3) is 0.222. The molecule has 0 atom stereocenters. The van der Waals surface area contributed by atoms with E-state index in [1.54, 1.807) is 7.05 Å². The van der Waals surface area contributed by atoms with Gasteiger partial charge in [0.2, 0.25) is 5.27 Å². The van der Waals surface area contributed by atoms with Crippen molar-refractivity contribution < 1.29 is 21.7 Å². The van der Waals surface area contributed by atoms with Crippen LogP contribution in [0.3, 0.4) is 0 Å². The lowest BCUT2D eigenvalue weighted by molar-refractivity contribution is -0.725. The van der Waals surface area contributed by atoms with Gasteiger partial charge < -0.3 is 12.4 Å². The predicted molar refractivity (Wildman–Crippen MR) is 53.3 cm³/mol. The molecule has 2 aromatic rings. The molecule has 0 saturated heterocycles. The van der Waals surface area contributed by atoms with Crippen molar-refractivity contribution in [2.24, 2.45) is 0 Å². The normalized spacial score (nSPS) is 9.69. The third-order valence-electron chi connectivity index (χ3n) is 2.03. The molecule has 1 aromatic heterocycles. The second kappa shape index (κ2) is 5.14. The average molecular weight is 260 g/mol. The van der Waals surface area contributed by atoms with Gasteiger partial charge in [-0.05, 0) is 13.0 Å². The van der Waals surface area contributed by atoms with E-state index in [1.807, 2.05) is 25.1 Å². The molecule has 85 valence electrons. The Kier molecular flexibility index (Phi) is 4.09. The molecule has 7 heteroatoms. The van der Waals surface area contributed by atoms with Crippen LogP contribution in [0.25, 0.3) is 5.69 Å². The molecule has 0 unspecified atom stereocenters. The van der Waals surface area contributed by atoms with Crippen molar-refractivity contribution in [3.8, 4) is 5.69 Å². The summed E-state index contributed by atoms with van der Waals surface area (Å²) >= 11 is 5.98. The zero-order valence-corrected chi connectivity index (χ0v) is 10.2. The standard InChI is InChI=1S/C9H9ClN4O.ClH/c1-6-7(10)4-3-5-8(6)14-12-9(11-2)15-13-14;/h3-5H,1-2H3;1H/q+1;/p-1. The summed E-state index contributed by atoms with van der Waals surface area (Å²) in [6, 6.07) is 5.73. The minimum absolute atomic E-state index is 0. The van der Waals surface area contributed by atoms with E-state index in [2.05, 4.69) is 15.7 Å². The predicted octanol–water partition coefficient (Wildman–Crippen LogP) is -1.82. The van der Waals surface area contributed by atoms with Gasteiger partial charge in [0, 0.05) is 18.7 Å². The van der Waals surface area contributed by atoms with Crippen molar-refractivity contribution in [2.75, 3.05) is 7.05 Å². The minimum Gasteiger partial charge on any atom is -1.00 e. The Bertz CT molecular complexity index is 486. The van der Waals surface area contributed by atoms with Crippen LogP contribution >= 0.6 is 11.6 Å². The van der Waals surface area contributed by atoms with E-state index in [0.29, 0.717) is 5.02 Å². The van der Waals surface area contributed by atoms with Gasteiger partial charge in [-0.2, -0.15) is 0 Å². The van der Waals surface area contributed by atoms with E-state index in [4.69, 9.17) is 16.1 Å². The summed E-state index contributed by atoms with van der Waals surface area (Å²) in [6.45, 7) is 1.89. The third-order valence-corrected chi connectivity index (χ3v) is 2.44. The molecule has 0 amide bonds. The molecule has 1 radical (unpaired) electrons. The van der Waals surface area contributed by atoms with Gasteiger partial charge in [0.05, 0.1) is 5.02 Å². The fourth-order valence-corrected chi connectivity index (χ4v) is 1.36. The van der Waals surface area contributed by atoms with Gasteiger partial charge in [0.25, 0.3) is 5.69 Å². The van der Waals surface area contributed by atoms with E-state index in [0.717, 1.165) is 11.3 Å². The van der Waals surface area contributed by atoms with Crippen LogP contribution in [0.2, 0.25) is 5.02 Å². The zero-order chi connectivity index (χ0) is 10.8. The molecular weight excluding hydrogens is 251 g/mol. The average Bonchev–Trinajstić information content (AvgIpc) is 2.70. The highest BCUT2D eigenvalue weighted by molar-refractivity contribution is 6.31. The van der Waals surface area contributed by atoms with Crippen LogP contribution in [0.1, 0.15) is 5.56 Å². The monoisotopic (exact) mass is 259 g/mol. The van der Waals surface area contributed by atoms with Crippen LogP contribution < -0.4 is 22.5 Å². The Morgan fingerprint density at radius 2 is 2.19 bits per heavy atom. The number of rotatable bonds is 2. The van der Waals surface area contributed by atoms with E-state index in [1.165, 1.54) is 4.80 Å². The molecule has 16 heavy (non-hydrogen) atoms. The Hall–Kier alpha value is -1.33. The lowest BCUT2D eigenvalue weighted by Gasteiger charge is -1.94. The number of halogens is 2. The summed E-state index contributed by atoms with van der Waals surface area (Å²) < 4.78 is 4.86. The van der Waals surface area contributed by atoms with Crippen molar-refractivity contribution in [2.45, 2.75) is 6.92 Å². The van der Waals surface area contributed by atoms with Gasteiger partial charge in [0.15, 0.2) is 0 Å². The van der Waals surface area contributed by atoms with Crippen LogP contribution in [0.5, 0.6) is 0 Å². The van der Waals surface area contributed by atoms with Gasteiger partial charge >= 0.3 is 6.01 Å². The number of hydrogen-bond acceptors (Lipinski definition) is 3. The number of benzene rings is 1. The number of hydrogen-bond donors (Lipinski definition) is 0. The van der Waals surface area contributed by atoms with Crippen LogP contribution in [-0.2, 0) is 0 Å². The first-order valence-corrected chi connectivity index (χ1v) is 4.72. The molecule has 5 nitrogen and oxygen atoms in total. The van der Waals surface area contributed by atoms with Crippen molar-refractivity contribution in [3.63, 3.8) is 0 Å². The molecule has 0 bridgehead atoms. The van der Waals surface area contributed by atoms with Gasteiger partial charge in [0.1, 0.15) is 9.90 Å². The summed E-state index contributed by atoms with van der Waals surface area (Å²) in [4.78, 5) is 1.36. The van der Waals surface area contributed by atoms with Crippen molar-refractivity contribution in [3.05, 3.63) is 28.8 Å². The first-order valence-electron chi connectivity index (χ1n) is 4.34. The topological polar surface area (TPSA) is 56.9 Å². The maximum absolute atomic E-state index is 5.98. The lowest BCUT2D eigenvalue weighted by atomic mass is 10.2. The molecule has 0 fully saturated rings. The van der Waals surface area contributed by atoms with E-state index in [9.17, 15) is 0 Å². The summed E-state index contributed by atoms with van der Waals surface area (Å²) in [7, 11) is 1.59. The van der Waals surface area contributed by atoms with Crippen molar-refractivity contribution in [1.29, 1.82) is 0 Å². The molecule has 0 aliphatic heterocycles. The maximum Gasteiger partial charge on any atom is 0.410 e. The molecule has 0 N–H and O–H groups in total. The molecule has 1 heterocycles. The van der Waals surface area contributed by atoms with Crippen molar-refractivity contribution >= 4 is 17.6 Å². The van der Waals surface area contributed by atoms with Crippen molar-refractivity contribution in [1.82, 2.24) is 15.7 Å². The summed E-state index contributed by atoms with van der Waals surface area (Å²) in [5.41, 5.74) is 1.67. The summed E-state index contributed by atoms with van der Waals surface area (Å²) in [6.07, 6.45) is 0. The molecule has 1 aromatic carbocycles. The number of nitrogens with zero attached hydrogens (tertiary/aromatic N) is 4. The first-order chi connectivity index (χ1) is 7.22. The van der Waals surface area contributed by atoms with E-state index < -0.39 is 0 Å². The Morgan fingerprint density at radius 3 is 2.81 bits per heavy atom. The molecule has 2 rings (SSSR count).